The Morgan fingerprint density at radius 3 is 2.39 bits per heavy atom. The van der Waals surface area contributed by atoms with E-state index in [4.69, 9.17) is 0 Å². The van der Waals surface area contributed by atoms with Crippen molar-refractivity contribution in [3.63, 3.8) is 0 Å². The van der Waals surface area contributed by atoms with E-state index in [1.165, 1.54) is 6.07 Å². The SMILES string of the molecule is O=C(c1ccc(CSCc2ccccc2F)cc1)N1CCCC1. The number of thioether (sulfide) groups is 1. The molecule has 23 heavy (non-hydrogen) atoms. The zero-order chi connectivity index (χ0) is 16.1. The summed E-state index contributed by atoms with van der Waals surface area (Å²) in [4.78, 5) is 14.2. The fourth-order valence-electron chi connectivity index (χ4n) is 2.74. The van der Waals surface area contributed by atoms with Crippen LogP contribution in [-0.2, 0) is 11.5 Å². The van der Waals surface area contributed by atoms with Crippen LogP contribution >= 0.6 is 11.8 Å². The molecule has 0 spiro atoms. The van der Waals surface area contributed by atoms with E-state index < -0.39 is 0 Å². The number of hydrogen-bond donors (Lipinski definition) is 0. The van der Waals surface area contributed by atoms with Crippen LogP contribution in [-0.4, -0.2) is 23.9 Å². The van der Waals surface area contributed by atoms with Crippen LogP contribution in [0, 0.1) is 5.82 Å². The van der Waals surface area contributed by atoms with Gasteiger partial charge in [0.1, 0.15) is 5.82 Å². The molecule has 0 aliphatic carbocycles. The van der Waals surface area contributed by atoms with Crippen LogP contribution in [0.25, 0.3) is 0 Å². The Morgan fingerprint density at radius 1 is 1.00 bits per heavy atom. The van der Waals surface area contributed by atoms with Gasteiger partial charge in [-0.05, 0) is 42.2 Å². The van der Waals surface area contributed by atoms with Crippen molar-refractivity contribution in [3.05, 3.63) is 71.0 Å². The molecular formula is C19H20FNOS. The number of rotatable bonds is 5. The summed E-state index contributed by atoms with van der Waals surface area (Å²) in [6, 6.07) is 14.7. The molecule has 0 radical (unpaired) electrons. The molecule has 1 fully saturated rings. The van der Waals surface area contributed by atoms with E-state index in [9.17, 15) is 9.18 Å². The maximum absolute atomic E-state index is 13.5. The summed E-state index contributed by atoms with van der Waals surface area (Å²) >= 11 is 1.68. The predicted molar refractivity (Wildman–Crippen MR) is 93.0 cm³/mol. The molecule has 0 unspecified atom stereocenters. The van der Waals surface area contributed by atoms with Gasteiger partial charge in [0.25, 0.3) is 5.91 Å². The smallest absolute Gasteiger partial charge is 0.253 e. The van der Waals surface area contributed by atoms with E-state index in [0.29, 0.717) is 5.75 Å². The highest BCUT2D eigenvalue weighted by atomic mass is 32.2. The van der Waals surface area contributed by atoms with E-state index in [1.807, 2.05) is 41.3 Å². The molecule has 1 aliphatic heterocycles. The second-order valence-electron chi connectivity index (χ2n) is 5.78. The largest absolute Gasteiger partial charge is 0.339 e. The summed E-state index contributed by atoms with van der Waals surface area (Å²) in [6.07, 6.45) is 2.22. The van der Waals surface area contributed by atoms with Crippen LogP contribution in [0.4, 0.5) is 4.39 Å². The molecule has 2 nitrogen and oxygen atoms in total. The molecule has 0 aromatic heterocycles. The first-order valence-electron chi connectivity index (χ1n) is 7.93. The molecule has 0 bridgehead atoms. The molecule has 1 amide bonds. The Kier molecular flexibility index (Phi) is 5.34. The van der Waals surface area contributed by atoms with Gasteiger partial charge in [0.15, 0.2) is 0 Å². The van der Waals surface area contributed by atoms with Gasteiger partial charge >= 0.3 is 0 Å². The van der Waals surface area contributed by atoms with Gasteiger partial charge in [-0.2, -0.15) is 11.8 Å². The standard InChI is InChI=1S/C19H20FNOS/c20-18-6-2-1-5-17(18)14-23-13-15-7-9-16(10-8-15)19(22)21-11-3-4-12-21/h1-2,5-10H,3-4,11-14H2. The molecule has 0 N–H and O–H groups in total. The zero-order valence-electron chi connectivity index (χ0n) is 13.0. The number of nitrogens with zero attached hydrogens (tertiary/aromatic N) is 1. The normalized spacial score (nSPS) is 14.2. The van der Waals surface area contributed by atoms with Gasteiger partial charge in [-0.25, -0.2) is 4.39 Å². The molecule has 1 heterocycles. The van der Waals surface area contributed by atoms with Gasteiger partial charge < -0.3 is 4.90 Å². The van der Waals surface area contributed by atoms with Crippen LogP contribution in [0.3, 0.4) is 0 Å². The van der Waals surface area contributed by atoms with Gasteiger partial charge in [-0.15, -0.1) is 0 Å². The van der Waals surface area contributed by atoms with Gasteiger partial charge in [-0.1, -0.05) is 30.3 Å². The lowest BCUT2D eigenvalue weighted by Crippen LogP contribution is -2.27. The molecule has 2 aromatic rings. The third-order valence-electron chi connectivity index (χ3n) is 4.08. The van der Waals surface area contributed by atoms with Crippen LogP contribution < -0.4 is 0 Å². The Morgan fingerprint density at radius 2 is 1.70 bits per heavy atom. The van der Waals surface area contributed by atoms with Crippen molar-refractivity contribution < 1.29 is 9.18 Å². The lowest BCUT2D eigenvalue weighted by molar-refractivity contribution is 0.0793. The van der Waals surface area contributed by atoms with Crippen LogP contribution in [0.2, 0.25) is 0 Å². The van der Waals surface area contributed by atoms with Crippen molar-refractivity contribution in [3.8, 4) is 0 Å². The van der Waals surface area contributed by atoms with Gasteiger partial charge in [-0.3, -0.25) is 4.79 Å². The summed E-state index contributed by atoms with van der Waals surface area (Å²) in [7, 11) is 0. The topological polar surface area (TPSA) is 20.3 Å². The Hall–Kier alpha value is -1.81. The second kappa shape index (κ2) is 7.64. The highest BCUT2D eigenvalue weighted by Gasteiger charge is 2.19. The molecule has 2 aromatic carbocycles. The molecule has 1 aliphatic rings. The first kappa shape index (κ1) is 16.1. The minimum Gasteiger partial charge on any atom is -0.339 e. The highest BCUT2D eigenvalue weighted by Crippen LogP contribution is 2.20. The lowest BCUT2D eigenvalue weighted by Gasteiger charge is -2.15. The minimum atomic E-state index is -0.147. The number of amides is 1. The maximum atomic E-state index is 13.5. The van der Waals surface area contributed by atoms with Gasteiger partial charge in [0, 0.05) is 30.2 Å². The van der Waals surface area contributed by atoms with E-state index in [1.54, 1.807) is 17.8 Å². The number of benzene rings is 2. The van der Waals surface area contributed by atoms with Crippen molar-refractivity contribution in [2.45, 2.75) is 24.3 Å². The summed E-state index contributed by atoms with van der Waals surface area (Å²) in [5.74, 6) is 1.45. The molecular weight excluding hydrogens is 309 g/mol. The van der Waals surface area contributed by atoms with E-state index in [-0.39, 0.29) is 11.7 Å². The fraction of sp³-hybridized carbons (Fsp3) is 0.316. The number of carbonyl (C=O) groups is 1. The van der Waals surface area contributed by atoms with E-state index in [2.05, 4.69) is 0 Å². The molecule has 0 atom stereocenters. The number of likely N-dealkylation sites (tertiary alicyclic amines) is 1. The van der Waals surface area contributed by atoms with E-state index in [0.717, 1.165) is 48.4 Å². The molecule has 120 valence electrons. The number of carbonyl (C=O) groups excluding carboxylic acids is 1. The molecule has 4 heteroatoms. The van der Waals surface area contributed by atoms with Crippen molar-refractivity contribution >= 4 is 17.7 Å². The third kappa shape index (κ3) is 4.14. The van der Waals surface area contributed by atoms with Crippen LogP contribution in [0.15, 0.2) is 48.5 Å². The van der Waals surface area contributed by atoms with Crippen molar-refractivity contribution in [1.29, 1.82) is 0 Å². The number of halogens is 1. The summed E-state index contributed by atoms with van der Waals surface area (Å²) in [6.45, 7) is 1.75. The van der Waals surface area contributed by atoms with Crippen molar-refractivity contribution in [1.82, 2.24) is 4.90 Å². The van der Waals surface area contributed by atoms with Crippen LogP contribution in [0.5, 0.6) is 0 Å². The summed E-state index contributed by atoms with van der Waals surface area (Å²) in [5, 5.41) is 0. The molecule has 3 rings (SSSR count). The minimum absolute atomic E-state index is 0.132. The Labute approximate surface area is 140 Å². The van der Waals surface area contributed by atoms with Gasteiger partial charge in [0.05, 0.1) is 0 Å². The summed E-state index contributed by atoms with van der Waals surface area (Å²) < 4.78 is 13.5. The zero-order valence-corrected chi connectivity index (χ0v) is 13.8. The molecule has 1 saturated heterocycles. The first-order chi connectivity index (χ1) is 11.2. The first-order valence-corrected chi connectivity index (χ1v) is 9.09. The van der Waals surface area contributed by atoms with Crippen molar-refractivity contribution in [2.24, 2.45) is 0 Å². The highest BCUT2D eigenvalue weighted by molar-refractivity contribution is 7.97. The predicted octanol–water partition coefficient (Wildman–Crippen LogP) is 4.50. The fourth-order valence-corrected chi connectivity index (χ4v) is 3.72. The average molecular weight is 329 g/mol. The van der Waals surface area contributed by atoms with Crippen LogP contribution in [0.1, 0.15) is 34.3 Å². The third-order valence-corrected chi connectivity index (χ3v) is 5.13. The monoisotopic (exact) mass is 329 g/mol. The lowest BCUT2D eigenvalue weighted by atomic mass is 10.1. The number of hydrogen-bond acceptors (Lipinski definition) is 2. The second-order valence-corrected chi connectivity index (χ2v) is 6.77. The quantitative estimate of drug-likeness (QED) is 0.805. The maximum Gasteiger partial charge on any atom is 0.253 e. The molecule has 0 saturated carbocycles. The summed E-state index contributed by atoms with van der Waals surface area (Å²) in [5.41, 5.74) is 2.65. The van der Waals surface area contributed by atoms with Crippen molar-refractivity contribution in [2.75, 3.05) is 13.1 Å². The Balaban J connectivity index is 1.53. The average Bonchev–Trinajstić information content (AvgIpc) is 3.11. The Bertz CT molecular complexity index is 665. The van der Waals surface area contributed by atoms with E-state index >= 15 is 0 Å². The van der Waals surface area contributed by atoms with Gasteiger partial charge in [0.2, 0.25) is 0 Å².